The van der Waals surface area contributed by atoms with Crippen LogP contribution in [0.15, 0.2) is 24.3 Å². The molecule has 0 aromatic heterocycles. The summed E-state index contributed by atoms with van der Waals surface area (Å²) in [5, 5.41) is 0. The van der Waals surface area contributed by atoms with Gasteiger partial charge in [-0.1, -0.05) is 26.0 Å². The first kappa shape index (κ1) is 16.0. The van der Waals surface area contributed by atoms with Crippen molar-refractivity contribution in [3.63, 3.8) is 0 Å². The van der Waals surface area contributed by atoms with Crippen molar-refractivity contribution in [2.24, 2.45) is 5.92 Å². The minimum atomic E-state index is -0.274. The topological polar surface area (TPSA) is 32.8 Å². The van der Waals surface area contributed by atoms with Crippen LogP contribution < -0.4 is 0 Å². The standard InChI is InChI=1S/C17H26N2O2/c1-14(2)12-18-8-10-19(11-9-18)13-15-4-6-16(7-5-15)17(20)21-3/h4-7,14H,8-13H2,1-3H3. The summed E-state index contributed by atoms with van der Waals surface area (Å²) in [5.41, 5.74) is 1.86. The zero-order chi connectivity index (χ0) is 15.2. The van der Waals surface area contributed by atoms with Crippen LogP contribution in [0.3, 0.4) is 0 Å². The molecule has 2 rings (SSSR count). The Morgan fingerprint density at radius 3 is 2.19 bits per heavy atom. The van der Waals surface area contributed by atoms with Crippen LogP contribution in [0.2, 0.25) is 0 Å². The fourth-order valence-corrected chi connectivity index (χ4v) is 2.77. The molecule has 0 atom stereocenters. The SMILES string of the molecule is COC(=O)c1ccc(CN2CCN(CC(C)C)CC2)cc1. The van der Waals surface area contributed by atoms with Gasteiger partial charge >= 0.3 is 5.97 Å². The Hall–Kier alpha value is -1.39. The predicted molar refractivity (Wildman–Crippen MR) is 84.3 cm³/mol. The second kappa shape index (κ2) is 7.57. The molecule has 4 nitrogen and oxygen atoms in total. The van der Waals surface area contributed by atoms with E-state index in [9.17, 15) is 4.79 Å². The molecule has 0 unspecified atom stereocenters. The summed E-state index contributed by atoms with van der Waals surface area (Å²) in [7, 11) is 1.41. The molecule has 0 amide bonds. The van der Waals surface area contributed by atoms with Gasteiger partial charge in [0, 0.05) is 39.3 Å². The molecule has 21 heavy (non-hydrogen) atoms. The van der Waals surface area contributed by atoms with Gasteiger partial charge in [-0.05, 0) is 23.6 Å². The Bertz CT molecular complexity index is 448. The molecular weight excluding hydrogens is 264 g/mol. The van der Waals surface area contributed by atoms with E-state index in [1.807, 2.05) is 24.3 Å². The third-order valence-electron chi connectivity index (χ3n) is 3.87. The molecule has 116 valence electrons. The molecular formula is C17H26N2O2. The van der Waals surface area contributed by atoms with Crippen LogP contribution in [0, 0.1) is 5.92 Å². The lowest BCUT2D eigenvalue weighted by atomic mass is 10.1. The molecule has 1 heterocycles. The number of carbonyl (C=O) groups excluding carboxylic acids is 1. The molecule has 1 aromatic rings. The Labute approximate surface area is 127 Å². The molecule has 0 bridgehead atoms. The molecule has 0 N–H and O–H groups in total. The number of nitrogens with zero attached hydrogens (tertiary/aromatic N) is 2. The summed E-state index contributed by atoms with van der Waals surface area (Å²) in [4.78, 5) is 16.4. The van der Waals surface area contributed by atoms with Gasteiger partial charge < -0.3 is 9.64 Å². The second-order valence-electron chi connectivity index (χ2n) is 6.16. The van der Waals surface area contributed by atoms with Gasteiger partial charge in [-0.15, -0.1) is 0 Å². The summed E-state index contributed by atoms with van der Waals surface area (Å²) in [6.45, 7) is 11.2. The van der Waals surface area contributed by atoms with Gasteiger partial charge in [0.15, 0.2) is 0 Å². The molecule has 1 aromatic carbocycles. The van der Waals surface area contributed by atoms with Crippen molar-refractivity contribution in [3.8, 4) is 0 Å². The Kier molecular flexibility index (Phi) is 5.76. The highest BCUT2D eigenvalue weighted by molar-refractivity contribution is 5.89. The maximum atomic E-state index is 11.4. The number of ether oxygens (including phenoxy) is 1. The van der Waals surface area contributed by atoms with E-state index in [4.69, 9.17) is 4.74 Å². The fourth-order valence-electron chi connectivity index (χ4n) is 2.77. The van der Waals surface area contributed by atoms with Crippen molar-refractivity contribution in [3.05, 3.63) is 35.4 Å². The number of esters is 1. The summed E-state index contributed by atoms with van der Waals surface area (Å²) in [6.07, 6.45) is 0. The minimum absolute atomic E-state index is 0.274. The number of rotatable bonds is 5. The fraction of sp³-hybridized carbons (Fsp3) is 0.588. The molecule has 1 fully saturated rings. The number of carbonyl (C=O) groups is 1. The quantitative estimate of drug-likeness (QED) is 0.779. The highest BCUT2D eigenvalue weighted by Crippen LogP contribution is 2.11. The molecule has 0 spiro atoms. The van der Waals surface area contributed by atoms with Crippen LogP contribution in [0.1, 0.15) is 29.8 Å². The third-order valence-corrected chi connectivity index (χ3v) is 3.87. The smallest absolute Gasteiger partial charge is 0.337 e. The lowest BCUT2D eigenvalue weighted by Crippen LogP contribution is -2.46. The van der Waals surface area contributed by atoms with E-state index in [2.05, 4.69) is 23.6 Å². The monoisotopic (exact) mass is 290 g/mol. The van der Waals surface area contributed by atoms with Gasteiger partial charge in [0.25, 0.3) is 0 Å². The van der Waals surface area contributed by atoms with Crippen LogP contribution in [0.25, 0.3) is 0 Å². The minimum Gasteiger partial charge on any atom is -0.465 e. The molecule has 1 saturated heterocycles. The predicted octanol–water partition coefficient (Wildman–Crippen LogP) is 2.25. The summed E-state index contributed by atoms with van der Waals surface area (Å²) < 4.78 is 4.71. The van der Waals surface area contributed by atoms with E-state index in [1.165, 1.54) is 19.2 Å². The van der Waals surface area contributed by atoms with Crippen molar-refractivity contribution in [1.82, 2.24) is 9.80 Å². The van der Waals surface area contributed by atoms with Gasteiger partial charge in [-0.3, -0.25) is 4.90 Å². The van der Waals surface area contributed by atoms with Crippen LogP contribution >= 0.6 is 0 Å². The van der Waals surface area contributed by atoms with E-state index >= 15 is 0 Å². The van der Waals surface area contributed by atoms with Crippen molar-refractivity contribution in [2.75, 3.05) is 39.8 Å². The molecule has 0 saturated carbocycles. The molecule has 1 aliphatic rings. The van der Waals surface area contributed by atoms with E-state index in [-0.39, 0.29) is 5.97 Å². The Balaban J connectivity index is 1.82. The maximum Gasteiger partial charge on any atom is 0.337 e. The van der Waals surface area contributed by atoms with E-state index in [0.29, 0.717) is 5.56 Å². The van der Waals surface area contributed by atoms with Gasteiger partial charge in [-0.2, -0.15) is 0 Å². The van der Waals surface area contributed by atoms with E-state index in [0.717, 1.165) is 38.6 Å². The second-order valence-corrected chi connectivity index (χ2v) is 6.16. The van der Waals surface area contributed by atoms with Crippen LogP contribution in [-0.2, 0) is 11.3 Å². The first-order chi connectivity index (χ1) is 10.1. The normalized spacial score (nSPS) is 17.1. The van der Waals surface area contributed by atoms with Crippen LogP contribution in [0.4, 0.5) is 0 Å². The van der Waals surface area contributed by atoms with E-state index in [1.54, 1.807) is 0 Å². The maximum absolute atomic E-state index is 11.4. The van der Waals surface area contributed by atoms with Crippen molar-refractivity contribution in [1.29, 1.82) is 0 Å². The number of benzene rings is 1. The third kappa shape index (κ3) is 4.83. The van der Waals surface area contributed by atoms with Gasteiger partial charge in [0.2, 0.25) is 0 Å². The first-order valence-corrected chi connectivity index (χ1v) is 7.70. The first-order valence-electron chi connectivity index (χ1n) is 7.70. The highest BCUT2D eigenvalue weighted by Gasteiger charge is 2.17. The van der Waals surface area contributed by atoms with Crippen molar-refractivity contribution < 1.29 is 9.53 Å². The Morgan fingerprint density at radius 1 is 1.10 bits per heavy atom. The van der Waals surface area contributed by atoms with Crippen molar-refractivity contribution in [2.45, 2.75) is 20.4 Å². The number of methoxy groups -OCH3 is 1. The zero-order valence-corrected chi connectivity index (χ0v) is 13.3. The number of hydrogen-bond donors (Lipinski definition) is 0. The zero-order valence-electron chi connectivity index (χ0n) is 13.3. The number of piperazine rings is 1. The number of hydrogen-bond acceptors (Lipinski definition) is 4. The molecule has 0 aliphatic carbocycles. The lowest BCUT2D eigenvalue weighted by Gasteiger charge is -2.35. The average Bonchev–Trinajstić information content (AvgIpc) is 2.49. The molecule has 1 aliphatic heterocycles. The van der Waals surface area contributed by atoms with Crippen LogP contribution in [-0.4, -0.2) is 55.6 Å². The summed E-state index contributed by atoms with van der Waals surface area (Å²) >= 11 is 0. The average molecular weight is 290 g/mol. The van der Waals surface area contributed by atoms with Crippen LogP contribution in [0.5, 0.6) is 0 Å². The molecule has 0 radical (unpaired) electrons. The van der Waals surface area contributed by atoms with Gasteiger partial charge in [-0.25, -0.2) is 4.79 Å². The Morgan fingerprint density at radius 2 is 1.67 bits per heavy atom. The van der Waals surface area contributed by atoms with Gasteiger partial charge in [0.1, 0.15) is 0 Å². The lowest BCUT2D eigenvalue weighted by molar-refractivity contribution is 0.0600. The molecule has 4 heteroatoms. The summed E-state index contributed by atoms with van der Waals surface area (Å²) in [5.74, 6) is 0.464. The largest absolute Gasteiger partial charge is 0.465 e. The van der Waals surface area contributed by atoms with Gasteiger partial charge in [0.05, 0.1) is 12.7 Å². The summed E-state index contributed by atoms with van der Waals surface area (Å²) in [6, 6.07) is 7.73. The van der Waals surface area contributed by atoms with E-state index < -0.39 is 0 Å². The highest BCUT2D eigenvalue weighted by atomic mass is 16.5. The van der Waals surface area contributed by atoms with Crippen molar-refractivity contribution >= 4 is 5.97 Å².